The van der Waals surface area contributed by atoms with Crippen LogP contribution in [0.4, 0.5) is 18.0 Å². The first-order chi connectivity index (χ1) is 12.2. The molecular weight excluding hydrogens is 351 g/mol. The van der Waals surface area contributed by atoms with Crippen molar-refractivity contribution in [1.29, 1.82) is 0 Å². The molecule has 1 saturated heterocycles. The fourth-order valence-corrected chi connectivity index (χ4v) is 2.93. The highest BCUT2D eigenvalue weighted by Gasteiger charge is 2.66. The zero-order valence-electron chi connectivity index (χ0n) is 13.2. The van der Waals surface area contributed by atoms with E-state index in [-0.39, 0.29) is 11.3 Å². The molecule has 1 aliphatic heterocycles. The van der Waals surface area contributed by atoms with Crippen molar-refractivity contribution in [3.63, 3.8) is 0 Å². The number of carbonyl (C=O) groups is 2. The van der Waals surface area contributed by atoms with Crippen molar-refractivity contribution in [3.8, 4) is 0 Å². The SMILES string of the molecule is O=C1N[C@@H](c2ccccn2)[C@@H](C(=O)c2ccccc2)[C@@](O)(C(F)(F)F)N1. The molecule has 2 amide bonds. The highest BCUT2D eigenvalue weighted by atomic mass is 19.4. The van der Waals surface area contributed by atoms with Gasteiger partial charge in [-0.2, -0.15) is 13.2 Å². The summed E-state index contributed by atoms with van der Waals surface area (Å²) < 4.78 is 40.9. The quantitative estimate of drug-likeness (QED) is 0.727. The highest BCUT2D eigenvalue weighted by molar-refractivity contribution is 6.00. The van der Waals surface area contributed by atoms with Crippen LogP contribution in [0, 0.1) is 5.92 Å². The maximum atomic E-state index is 13.6. The zero-order valence-corrected chi connectivity index (χ0v) is 13.2. The number of rotatable bonds is 3. The average Bonchev–Trinajstić information content (AvgIpc) is 2.61. The number of hydrogen-bond acceptors (Lipinski definition) is 4. The Hall–Kier alpha value is -2.94. The third-order valence-corrected chi connectivity index (χ3v) is 4.15. The lowest BCUT2D eigenvalue weighted by Gasteiger charge is -2.44. The number of hydrogen-bond donors (Lipinski definition) is 3. The molecule has 0 aliphatic carbocycles. The van der Waals surface area contributed by atoms with Crippen LogP contribution in [0.1, 0.15) is 22.1 Å². The summed E-state index contributed by atoms with van der Waals surface area (Å²) in [4.78, 5) is 28.6. The number of pyridine rings is 1. The molecule has 1 aliphatic rings. The predicted octanol–water partition coefficient (Wildman–Crippen LogP) is 2.19. The van der Waals surface area contributed by atoms with E-state index in [9.17, 15) is 27.9 Å². The summed E-state index contributed by atoms with van der Waals surface area (Å²) in [7, 11) is 0. The number of aliphatic hydroxyl groups is 1. The zero-order chi connectivity index (χ0) is 18.9. The third kappa shape index (κ3) is 3.01. The van der Waals surface area contributed by atoms with Gasteiger partial charge in [-0.3, -0.25) is 9.78 Å². The van der Waals surface area contributed by atoms with Crippen molar-refractivity contribution in [3.05, 3.63) is 66.0 Å². The van der Waals surface area contributed by atoms with Gasteiger partial charge in [-0.15, -0.1) is 0 Å². The number of alkyl halides is 3. The molecule has 136 valence electrons. The number of benzene rings is 1. The van der Waals surface area contributed by atoms with Crippen molar-refractivity contribution < 1.29 is 27.9 Å². The number of urea groups is 1. The summed E-state index contributed by atoms with van der Waals surface area (Å²) >= 11 is 0. The molecule has 2 heterocycles. The van der Waals surface area contributed by atoms with Gasteiger partial charge in [0.15, 0.2) is 5.78 Å². The van der Waals surface area contributed by atoms with Gasteiger partial charge < -0.3 is 15.7 Å². The van der Waals surface area contributed by atoms with E-state index in [0.717, 1.165) is 0 Å². The molecular formula is C17H14F3N3O3. The second kappa shape index (κ2) is 6.41. The first kappa shape index (κ1) is 17.9. The Morgan fingerprint density at radius 3 is 2.35 bits per heavy atom. The number of nitrogens with zero attached hydrogens (tertiary/aromatic N) is 1. The van der Waals surface area contributed by atoms with Gasteiger partial charge in [-0.05, 0) is 12.1 Å². The van der Waals surface area contributed by atoms with Crippen LogP contribution < -0.4 is 10.6 Å². The lowest BCUT2D eigenvalue weighted by atomic mass is 9.78. The van der Waals surface area contributed by atoms with Crippen LogP contribution in [0.15, 0.2) is 54.7 Å². The van der Waals surface area contributed by atoms with E-state index in [1.165, 1.54) is 54.0 Å². The number of amides is 2. The Morgan fingerprint density at radius 2 is 1.77 bits per heavy atom. The van der Waals surface area contributed by atoms with Crippen LogP contribution in [0.25, 0.3) is 0 Å². The molecule has 2 aromatic rings. The minimum absolute atomic E-state index is 0.0271. The number of nitrogens with one attached hydrogen (secondary N) is 2. The van der Waals surface area contributed by atoms with Crippen molar-refractivity contribution in [2.75, 3.05) is 0 Å². The third-order valence-electron chi connectivity index (χ3n) is 4.15. The molecule has 1 aromatic carbocycles. The number of aromatic nitrogens is 1. The molecule has 0 bridgehead atoms. The molecule has 3 atom stereocenters. The fourth-order valence-electron chi connectivity index (χ4n) is 2.93. The molecule has 6 nitrogen and oxygen atoms in total. The van der Waals surface area contributed by atoms with E-state index >= 15 is 0 Å². The van der Waals surface area contributed by atoms with E-state index in [4.69, 9.17) is 0 Å². The molecule has 3 N–H and O–H groups in total. The van der Waals surface area contributed by atoms with Gasteiger partial charge >= 0.3 is 12.2 Å². The normalized spacial score (nSPS) is 25.9. The number of halogens is 3. The van der Waals surface area contributed by atoms with Crippen molar-refractivity contribution in [1.82, 2.24) is 15.6 Å². The van der Waals surface area contributed by atoms with Gasteiger partial charge in [0.05, 0.1) is 11.7 Å². The predicted molar refractivity (Wildman–Crippen MR) is 83.9 cm³/mol. The Labute approximate surface area is 146 Å². The minimum Gasteiger partial charge on any atom is -0.363 e. The summed E-state index contributed by atoms with van der Waals surface area (Å²) in [5, 5.41) is 14.1. The summed E-state index contributed by atoms with van der Waals surface area (Å²) in [6.45, 7) is 0. The topological polar surface area (TPSA) is 91.3 Å². The van der Waals surface area contributed by atoms with Gasteiger partial charge in [-0.25, -0.2) is 4.79 Å². The molecule has 0 saturated carbocycles. The summed E-state index contributed by atoms with van der Waals surface area (Å²) in [5.74, 6) is -3.05. The Kier molecular flexibility index (Phi) is 4.41. The molecule has 0 radical (unpaired) electrons. The lowest BCUT2D eigenvalue weighted by Crippen LogP contribution is -2.72. The van der Waals surface area contributed by atoms with Gasteiger partial charge in [-0.1, -0.05) is 36.4 Å². The van der Waals surface area contributed by atoms with E-state index in [2.05, 4.69) is 10.3 Å². The summed E-state index contributed by atoms with van der Waals surface area (Å²) in [6, 6.07) is 8.96. The first-order valence-electron chi connectivity index (χ1n) is 7.62. The molecule has 26 heavy (non-hydrogen) atoms. The van der Waals surface area contributed by atoms with Crippen molar-refractivity contribution in [2.45, 2.75) is 17.9 Å². The van der Waals surface area contributed by atoms with Crippen LogP contribution in [0.3, 0.4) is 0 Å². The monoisotopic (exact) mass is 365 g/mol. The summed E-state index contributed by atoms with van der Waals surface area (Å²) in [6.07, 6.45) is -3.97. The van der Waals surface area contributed by atoms with E-state index in [1.807, 2.05) is 0 Å². The molecule has 3 rings (SSSR count). The second-order valence-electron chi connectivity index (χ2n) is 5.80. The van der Waals surface area contributed by atoms with Crippen molar-refractivity contribution >= 4 is 11.8 Å². The Bertz CT molecular complexity index is 814. The number of ketones is 1. The Morgan fingerprint density at radius 1 is 1.12 bits per heavy atom. The minimum atomic E-state index is -5.28. The summed E-state index contributed by atoms with van der Waals surface area (Å²) in [5.41, 5.74) is -3.75. The van der Waals surface area contributed by atoms with E-state index in [1.54, 1.807) is 6.07 Å². The van der Waals surface area contributed by atoms with Gasteiger partial charge in [0.2, 0.25) is 5.72 Å². The molecule has 0 unspecified atom stereocenters. The highest BCUT2D eigenvalue weighted by Crippen LogP contribution is 2.43. The van der Waals surface area contributed by atoms with Crippen LogP contribution in [0.5, 0.6) is 0 Å². The van der Waals surface area contributed by atoms with Crippen LogP contribution in [0.2, 0.25) is 0 Å². The molecule has 1 fully saturated rings. The molecule has 1 aromatic heterocycles. The standard InChI is InChI=1S/C17H14F3N3O3/c18-17(19,20)16(26)12(14(24)10-6-2-1-3-7-10)13(22-15(25)23-16)11-8-4-5-9-21-11/h1-9,12-13,26H,(H2,22,23,25)/t12-,13-,16+/m0/s1. The van der Waals surface area contributed by atoms with Crippen LogP contribution >= 0.6 is 0 Å². The van der Waals surface area contributed by atoms with E-state index in [0.29, 0.717) is 0 Å². The van der Waals surface area contributed by atoms with Crippen LogP contribution in [-0.2, 0) is 0 Å². The number of Topliss-reactive ketones (excluding diaryl/α,β-unsaturated/α-hetero) is 1. The number of carbonyl (C=O) groups excluding carboxylic acids is 2. The van der Waals surface area contributed by atoms with Gasteiger partial charge in [0, 0.05) is 11.8 Å². The molecule has 9 heteroatoms. The van der Waals surface area contributed by atoms with Crippen molar-refractivity contribution in [2.24, 2.45) is 5.92 Å². The van der Waals surface area contributed by atoms with Gasteiger partial charge in [0.25, 0.3) is 0 Å². The van der Waals surface area contributed by atoms with Gasteiger partial charge in [0.1, 0.15) is 5.92 Å². The Balaban J connectivity index is 2.15. The fraction of sp³-hybridized carbons (Fsp3) is 0.235. The first-order valence-corrected chi connectivity index (χ1v) is 7.62. The van der Waals surface area contributed by atoms with E-state index < -0.39 is 35.7 Å². The lowest BCUT2D eigenvalue weighted by molar-refractivity contribution is -0.287. The second-order valence-corrected chi connectivity index (χ2v) is 5.80. The smallest absolute Gasteiger partial charge is 0.363 e. The average molecular weight is 365 g/mol. The van der Waals surface area contributed by atoms with Crippen LogP contribution in [-0.4, -0.2) is 33.8 Å². The maximum absolute atomic E-state index is 13.6. The maximum Gasteiger partial charge on any atom is 0.437 e. The largest absolute Gasteiger partial charge is 0.437 e. The molecule has 0 spiro atoms.